The van der Waals surface area contributed by atoms with Gasteiger partial charge in [-0.2, -0.15) is 0 Å². The summed E-state index contributed by atoms with van der Waals surface area (Å²) < 4.78 is 0. The lowest BCUT2D eigenvalue weighted by molar-refractivity contribution is 0.0872. The molecule has 0 radical (unpaired) electrons. The second-order valence-electron chi connectivity index (χ2n) is 6.99. The highest BCUT2D eigenvalue weighted by molar-refractivity contribution is 4.85. The molecule has 2 saturated heterocycles. The van der Waals surface area contributed by atoms with Crippen LogP contribution in [0.3, 0.4) is 0 Å². The van der Waals surface area contributed by atoms with Crippen molar-refractivity contribution >= 4 is 0 Å². The van der Waals surface area contributed by atoms with Crippen LogP contribution in [0.25, 0.3) is 0 Å². The van der Waals surface area contributed by atoms with Crippen LogP contribution in [0.4, 0.5) is 0 Å². The Labute approximate surface area is 131 Å². The van der Waals surface area contributed by atoms with Gasteiger partial charge in [0, 0.05) is 51.4 Å². The zero-order chi connectivity index (χ0) is 15.1. The molecule has 0 amide bonds. The van der Waals surface area contributed by atoms with Crippen molar-refractivity contribution in [3.63, 3.8) is 0 Å². The first-order valence-corrected chi connectivity index (χ1v) is 9.09. The Hall–Kier alpha value is -0.160. The summed E-state index contributed by atoms with van der Waals surface area (Å²) in [6.45, 7) is 14.6. The van der Waals surface area contributed by atoms with E-state index in [1.807, 2.05) is 0 Å². The molecule has 124 valence electrons. The zero-order valence-electron chi connectivity index (χ0n) is 14.5. The molecule has 2 rings (SSSR count). The molecule has 1 N–H and O–H groups in total. The molecule has 0 aromatic carbocycles. The van der Waals surface area contributed by atoms with Crippen molar-refractivity contribution in [3.8, 4) is 0 Å². The summed E-state index contributed by atoms with van der Waals surface area (Å²) in [5.74, 6) is 0. The third kappa shape index (κ3) is 5.51. The Bertz CT molecular complexity index is 276. The van der Waals surface area contributed by atoms with E-state index < -0.39 is 0 Å². The number of nitrogens with zero attached hydrogens (tertiary/aromatic N) is 3. The van der Waals surface area contributed by atoms with Crippen molar-refractivity contribution in [2.75, 3.05) is 59.4 Å². The van der Waals surface area contributed by atoms with Crippen LogP contribution >= 0.6 is 0 Å². The minimum Gasteiger partial charge on any atom is -0.313 e. The first-order valence-electron chi connectivity index (χ1n) is 9.09. The molecule has 0 spiro atoms. The van der Waals surface area contributed by atoms with Gasteiger partial charge in [-0.25, -0.2) is 0 Å². The van der Waals surface area contributed by atoms with E-state index in [0.29, 0.717) is 6.04 Å². The van der Waals surface area contributed by atoms with Gasteiger partial charge in [-0.15, -0.1) is 0 Å². The summed E-state index contributed by atoms with van der Waals surface area (Å²) in [5, 5.41) is 3.71. The van der Waals surface area contributed by atoms with Crippen LogP contribution in [-0.2, 0) is 0 Å². The van der Waals surface area contributed by atoms with Gasteiger partial charge in [-0.1, -0.05) is 13.3 Å². The van der Waals surface area contributed by atoms with E-state index in [1.165, 1.54) is 71.5 Å². The average molecular weight is 297 g/mol. The molecular formula is C17H36N4. The number of rotatable bonds is 7. The molecule has 4 nitrogen and oxygen atoms in total. The molecule has 4 heteroatoms. The summed E-state index contributed by atoms with van der Waals surface area (Å²) in [4.78, 5) is 7.85. The van der Waals surface area contributed by atoms with Crippen molar-refractivity contribution in [1.82, 2.24) is 20.0 Å². The van der Waals surface area contributed by atoms with Crippen LogP contribution in [0.1, 0.15) is 39.5 Å². The fourth-order valence-electron chi connectivity index (χ4n) is 3.71. The van der Waals surface area contributed by atoms with Gasteiger partial charge in [0.2, 0.25) is 0 Å². The molecule has 0 saturated carbocycles. The molecular weight excluding hydrogens is 260 g/mol. The molecule has 2 unspecified atom stereocenters. The predicted octanol–water partition coefficient (Wildman–Crippen LogP) is 1.48. The maximum Gasteiger partial charge on any atom is 0.0247 e. The van der Waals surface area contributed by atoms with E-state index in [-0.39, 0.29) is 0 Å². The highest BCUT2D eigenvalue weighted by Gasteiger charge is 2.27. The molecule has 2 heterocycles. The molecule has 0 aromatic rings. The van der Waals surface area contributed by atoms with E-state index in [4.69, 9.17) is 0 Å². The highest BCUT2D eigenvalue weighted by atomic mass is 15.3. The maximum absolute atomic E-state index is 3.71. The van der Waals surface area contributed by atoms with Gasteiger partial charge in [-0.05, 0) is 46.3 Å². The number of nitrogens with one attached hydrogen (secondary N) is 1. The van der Waals surface area contributed by atoms with Gasteiger partial charge in [-0.3, -0.25) is 9.80 Å². The summed E-state index contributed by atoms with van der Waals surface area (Å²) in [6.07, 6.45) is 5.41. The lowest BCUT2D eigenvalue weighted by Gasteiger charge is -2.41. The maximum atomic E-state index is 3.71. The Morgan fingerprint density at radius 3 is 2.52 bits per heavy atom. The first-order chi connectivity index (χ1) is 10.2. The number of likely N-dealkylation sites (N-methyl/N-ethyl adjacent to an activating group) is 1. The second-order valence-corrected chi connectivity index (χ2v) is 6.99. The molecule has 0 aliphatic carbocycles. The fourth-order valence-corrected chi connectivity index (χ4v) is 3.71. The van der Waals surface area contributed by atoms with Gasteiger partial charge in [0.25, 0.3) is 0 Å². The van der Waals surface area contributed by atoms with E-state index >= 15 is 0 Å². The number of piperidine rings is 1. The Morgan fingerprint density at radius 2 is 1.81 bits per heavy atom. The molecule has 2 fully saturated rings. The van der Waals surface area contributed by atoms with E-state index in [1.54, 1.807) is 0 Å². The SMILES string of the molecule is CCCNC(C)C1CCCCN1CCN1CCN(C)CC1. The summed E-state index contributed by atoms with van der Waals surface area (Å²) >= 11 is 0. The third-order valence-corrected chi connectivity index (χ3v) is 5.26. The largest absolute Gasteiger partial charge is 0.313 e. The lowest BCUT2D eigenvalue weighted by atomic mass is 9.96. The minimum absolute atomic E-state index is 0.637. The van der Waals surface area contributed by atoms with E-state index in [0.717, 1.165) is 12.6 Å². The number of hydrogen-bond acceptors (Lipinski definition) is 4. The summed E-state index contributed by atoms with van der Waals surface area (Å²) in [6, 6.07) is 1.38. The molecule has 0 bridgehead atoms. The highest BCUT2D eigenvalue weighted by Crippen LogP contribution is 2.19. The molecule has 2 atom stereocenters. The van der Waals surface area contributed by atoms with Gasteiger partial charge in [0.1, 0.15) is 0 Å². The van der Waals surface area contributed by atoms with Crippen LogP contribution in [0.2, 0.25) is 0 Å². The standard InChI is InChI=1S/C17H36N4/c1-4-8-18-16(2)17-7-5-6-9-21(17)15-14-20-12-10-19(3)11-13-20/h16-18H,4-15H2,1-3H3. The quantitative estimate of drug-likeness (QED) is 0.768. The predicted molar refractivity (Wildman–Crippen MR) is 90.9 cm³/mol. The second kappa shape index (κ2) is 9.09. The summed E-state index contributed by atoms with van der Waals surface area (Å²) in [7, 11) is 2.24. The number of piperazine rings is 1. The number of hydrogen-bond donors (Lipinski definition) is 1. The Kier molecular flexibility index (Phi) is 7.44. The van der Waals surface area contributed by atoms with Crippen molar-refractivity contribution in [2.24, 2.45) is 0 Å². The normalized spacial score (nSPS) is 27.9. The molecule has 21 heavy (non-hydrogen) atoms. The molecule has 2 aliphatic heterocycles. The Balaban J connectivity index is 1.75. The van der Waals surface area contributed by atoms with Crippen molar-refractivity contribution < 1.29 is 0 Å². The van der Waals surface area contributed by atoms with Crippen LogP contribution in [0.5, 0.6) is 0 Å². The first kappa shape index (κ1) is 17.2. The van der Waals surface area contributed by atoms with Crippen molar-refractivity contribution in [2.45, 2.75) is 51.6 Å². The Morgan fingerprint density at radius 1 is 1.05 bits per heavy atom. The van der Waals surface area contributed by atoms with Crippen molar-refractivity contribution in [1.29, 1.82) is 0 Å². The molecule has 2 aliphatic rings. The van der Waals surface area contributed by atoms with Crippen LogP contribution in [-0.4, -0.2) is 86.2 Å². The van der Waals surface area contributed by atoms with Gasteiger partial charge >= 0.3 is 0 Å². The monoisotopic (exact) mass is 296 g/mol. The van der Waals surface area contributed by atoms with Crippen LogP contribution in [0.15, 0.2) is 0 Å². The van der Waals surface area contributed by atoms with Gasteiger partial charge in [0.15, 0.2) is 0 Å². The van der Waals surface area contributed by atoms with Crippen molar-refractivity contribution in [3.05, 3.63) is 0 Å². The minimum atomic E-state index is 0.637. The average Bonchev–Trinajstić information content (AvgIpc) is 2.52. The fraction of sp³-hybridized carbons (Fsp3) is 1.00. The smallest absolute Gasteiger partial charge is 0.0247 e. The van der Waals surface area contributed by atoms with E-state index in [9.17, 15) is 0 Å². The van der Waals surface area contributed by atoms with Crippen LogP contribution in [0, 0.1) is 0 Å². The number of likely N-dealkylation sites (tertiary alicyclic amines) is 1. The third-order valence-electron chi connectivity index (χ3n) is 5.26. The lowest BCUT2D eigenvalue weighted by Crippen LogP contribution is -2.54. The van der Waals surface area contributed by atoms with E-state index in [2.05, 4.69) is 40.9 Å². The molecule has 0 aromatic heterocycles. The van der Waals surface area contributed by atoms with Gasteiger partial charge in [0.05, 0.1) is 0 Å². The van der Waals surface area contributed by atoms with Gasteiger partial charge < -0.3 is 10.2 Å². The topological polar surface area (TPSA) is 21.8 Å². The summed E-state index contributed by atoms with van der Waals surface area (Å²) in [5.41, 5.74) is 0. The van der Waals surface area contributed by atoms with Crippen LogP contribution < -0.4 is 5.32 Å². The zero-order valence-corrected chi connectivity index (χ0v) is 14.5.